The van der Waals surface area contributed by atoms with Crippen molar-refractivity contribution in [1.82, 2.24) is 10.2 Å². The van der Waals surface area contributed by atoms with Crippen LogP contribution < -0.4 is 5.32 Å². The molecule has 0 aromatic heterocycles. The fourth-order valence-corrected chi connectivity index (χ4v) is 4.49. The van der Waals surface area contributed by atoms with Crippen LogP contribution >= 0.6 is 0 Å². The molecule has 5 nitrogen and oxygen atoms in total. The van der Waals surface area contributed by atoms with Gasteiger partial charge in [-0.25, -0.2) is 4.39 Å². The highest BCUT2D eigenvalue weighted by Gasteiger charge is 2.38. The smallest absolute Gasteiger partial charge is 0.227 e. The first-order valence-electron chi connectivity index (χ1n) is 7.76. The summed E-state index contributed by atoms with van der Waals surface area (Å²) in [6.07, 6.45) is 1.64. The second kappa shape index (κ2) is 6.88. The van der Waals surface area contributed by atoms with E-state index in [0.717, 1.165) is 0 Å². The number of likely N-dealkylation sites (tertiary alicyclic amines) is 1. The van der Waals surface area contributed by atoms with Gasteiger partial charge in [0.15, 0.2) is 4.90 Å². The van der Waals surface area contributed by atoms with Crippen LogP contribution in [-0.2, 0) is 20.8 Å². The minimum atomic E-state index is -1.25. The number of amides is 2. The lowest BCUT2D eigenvalue weighted by Crippen LogP contribution is -2.44. The molecule has 0 saturated carbocycles. The number of nitrogens with one attached hydrogen (secondary N) is 1. The molecule has 2 heterocycles. The number of rotatable bonds is 3. The number of carbonyl (C=O) groups is 2. The van der Waals surface area contributed by atoms with Gasteiger partial charge in [-0.2, -0.15) is 0 Å². The highest BCUT2D eigenvalue weighted by molar-refractivity contribution is 7.92. The number of piperidine rings is 1. The molecule has 2 aliphatic rings. The van der Waals surface area contributed by atoms with Gasteiger partial charge < -0.3 is 14.8 Å². The summed E-state index contributed by atoms with van der Waals surface area (Å²) >= 11 is -1.25. The van der Waals surface area contributed by atoms with Gasteiger partial charge in [0.05, 0.1) is 12.5 Å². The normalized spacial score (nSPS) is 26.0. The average molecular weight is 338 g/mol. The van der Waals surface area contributed by atoms with Crippen LogP contribution in [0.25, 0.3) is 0 Å². The predicted octanol–water partition coefficient (Wildman–Crippen LogP) is 1.06. The van der Waals surface area contributed by atoms with E-state index in [9.17, 15) is 18.5 Å². The maximum absolute atomic E-state index is 12.9. The van der Waals surface area contributed by atoms with E-state index < -0.39 is 11.2 Å². The minimum Gasteiger partial charge on any atom is -0.611 e. The number of hydrogen-bond donors (Lipinski definition) is 1. The Morgan fingerprint density at radius 3 is 2.70 bits per heavy atom. The molecule has 23 heavy (non-hydrogen) atoms. The van der Waals surface area contributed by atoms with Gasteiger partial charge >= 0.3 is 0 Å². The zero-order valence-electron chi connectivity index (χ0n) is 12.7. The zero-order chi connectivity index (χ0) is 16.4. The molecule has 3 rings (SSSR count). The van der Waals surface area contributed by atoms with Gasteiger partial charge in [-0.05, 0) is 41.9 Å². The molecule has 2 aliphatic heterocycles. The second-order valence-corrected chi connectivity index (χ2v) is 7.72. The largest absolute Gasteiger partial charge is 0.611 e. The average Bonchev–Trinajstić information content (AvgIpc) is 3.05. The Balaban J connectivity index is 1.58. The summed E-state index contributed by atoms with van der Waals surface area (Å²) in [6, 6.07) is 5.67. The Bertz CT molecular complexity index is 585. The summed E-state index contributed by atoms with van der Waals surface area (Å²) in [6.45, 7) is 1.42. The van der Waals surface area contributed by atoms with Gasteiger partial charge in [-0.15, -0.1) is 0 Å². The molecule has 124 valence electrons. The summed E-state index contributed by atoms with van der Waals surface area (Å²) in [5, 5.41) is 2.60. The molecule has 0 bridgehead atoms. The first-order valence-corrected chi connectivity index (χ1v) is 8.97. The minimum absolute atomic E-state index is 0.00855. The first-order chi connectivity index (χ1) is 11.0. The van der Waals surface area contributed by atoms with Crippen molar-refractivity contribution in [2.75, 3.05) is 19.6 Å². The summed E-state index contributed by atoms with van der Waals surface area (Å²) in [4.78, 5) is 26.0. The molecule has 0 spiro atoms. The number of carbonyl (C=O) groups excluding carboxylic acids is 2. The van der Waals surface area contributed by atoms with Crippen LogP contribution in [0.1, 0.15) is 19.3 Å². The molecule has 1 N–H and O–H groups in total. The molecule has 3 unspecified atom stereocenters. The number of hydrogen-bond acceptors (Lipinski definition) is 3. The van der Waals surface area contributed by atoms with Crippen LogP contribution in [0, 0.1) is 11.7 Å². The second-order valence-electron chi connectivity index (χ2n) is 5.99. The van der Waals surface area contributed by atoms with Crippen molar-refractivity contribution in [3.8, 4) is 0 Å². The van der Waals surface area contributed by atoms with Gasteiger partial charge in [-0.3, -0.25) is 9.59 Å². The third-order valence-corrected chi connectivity index (χ3v) is 6.15. The van der Waals surface area contributed by atoms with E-state index in [1.54, 1.807) is 4.90 Å². The van der Waals surface area contributed by atoms with E-state index >= 15 is 0 Å². The van der Waals surface area contributed by atoms with Gasteiger partial charge in [0.2, 0.25) is 11.8 Å². The van der Waals surface area contributed by atoms with Crippen molar-refractivity contribution in [2.24, 2.45) is 5.92 Å². The van der Waals surface area contributed by atoms with Gasteiger partial charge in [0, 0.05) is 25.9 Å². The number of nitrogens with zero attached hydrogens (tertiary/aromatic N) is 1. The van der Waals surface area contributed by atoms with Crippen LogP contribution in [0.2, 0.25) is 0 Å². The molecule has 2 amide bonds. The Morgan fingerprint density at radius 2 is 2.04 bits per heavy atom. The summed E-state index contributed by atoms with van der Waals surface area (Å²) in [5.74, 6) is -0.506. The summed E-state index contributed by atoms with van der Waals surface area (Å²) in [7, 11) is 0. The van der Waals surface area contributed by atoms with E-state index in [4.69, 9.17) is 0 Å². The highest BCUT2D eigenvalue weighted by Crippen LogP contribution is 2.26. The van der Waals surface area contributed by atoms with Crippen molar-refractivity contribution in [2.45, 2.75) is 29.4 Å². The molecule has 2 saturated heterocycles. The maximum atomic E-state index is 12.9. The SMILES string of the molecule is O=C1CCC(C(=O)N2CCC([S+]([O-])c3ccc(F)cc3)C2)CN1. The van der Waals surface area contributed by atoms with E-state index in [1.165, 1.54) is 24.3 Å². The van der Waals surface area contributed by atoms with E-state index in [0.29, 0.717) is 43.8 Å². The van der Waals surface area contributed by atoms with E-state index in [2.05, 4.69) is 5.32 Å². The van der Waals surface area contributed by atoms with E-state index in [1.807, 2.05) is 0 Å². The Kier molecular flexibility index (Phi) is 4.87. The van der Waals surface area contributed by atoms with Crippen molar-refractivity contribution in [3.05, 3.63) is 30.1 Å². The highest BCUT2D eigenvalue weighted by atomic mass is 32.2. The third-order valence-electron chi connectivity index (χ3n) is 4.42. The topological polar surface area (TPSA) is 72.5 Å². The van der Waals surface area contributed by atoms with Gasteiger partial charge in [0.25, 0.3) is 0 Å². The quantitative estimate of drug-likeness (QED) is 0.838. The number of halogens is 1. The van der Waals surface area contributed by atoms with Gasteiger partial charge in [-0.1, -0.05) is 0 Å². The van der Waals surface area contributed by atoms with Crippen LogP contribution in [0.15, 0.2) is 29.2 Å². The molecule has 3 atom stereocenters. The van der Waals surface area contributed by atoms with E-state index in [-0.39, 0.29) is 28.8 Å². The van der Waals surface area contributed by atoms with Gasteiger partial charge in [0.1, 0.15) is 11.1 Å². The third kappa shape index (κ3) is 3.67. The zero-order valence-corrected chi connectivity index (χ0v) is 13.5. The Hall–Kier alpha value is -1.60. The number of benzene rings is 1. The van der Waals surface area contributed by atoms with Crippen LogP contribution in [-0.4, -0.2) is 46.2 Å². The molecule has 2 fully saturated rings. The van der Waals surface area contributed by atoms with Crippen molar-refractivity contribution < 1.29 is 18.5 Å². The van der Waals surface area contributed by atoms with Crippen LogP contribution in [0.4, 0.5) is 4.39 Å². The molecule has 0 aliphatic carbocycles. The van der Waals surface area contributed by atoms with Crippen molar-refractivity contribution >= 4 is 23.0 Å². The lowest BCUT2D eigenvalue weighted by Gasteiger charge is -2.26. The first kappa shape index (κ1) is 16.3. The summed E-state index contributed by atoms with van der Waals surface area (Å²) < 4.78 is 25.5. The van der Waals surface area contributed by atoms with Crippen LogP contribution in [0.5, 0.6) is 0 Å². The standard InChI is InChI=1S/C16H19FN2O3S/c17-12-2-4-13(5-3-12)23(22)14-7-8-19(10-14)16(21)11-1-6-15(20)18-9-11/h2-5,11,14H,1,6-10H2,(H,18,20). The maximum Gasteiger partial charge on any atom is 0.227 e. The molecule has 1 aromatic rings. The fraction of sp³-hybridized carbons (Fsp3) is 0.500. The lowest BCUT2D eigenvalue weighted by molar-refractivity contribution is -0.136. The Labute approximate surface area is 137 Å². The molecule has 1 aromatic carbocycles. The fourth-order valence-electron chi connectivity index (χ4n) is 3.07. The van der Waals surface area contributed by atoms with Crippen molar-refractivity contribution in [1.29, 1.82) is 0 Å². The molecular weight excluding hydrogens is 319 g/mol. The molecule has 0 radical (unpaired) electrons. The Morgan fingerprint density at radius 1 is 1.30 bits per heavy atom. The summed E-state index contributed by atoms with van der Waals surface area (Å²) in [5.41, 5.74) is 0. The predicted molar refractivity (Wildman–Crippen MR) is 83.5 cm³/mol. The van der Waals surface area contributed by atoms with Crippen LogP contribution in [0.3, 0.4) is 0 Å². The van der Waals surface area contributed by atoms with Crippen molar-refractivity contribution in [3.63, 3.8) is 0 Å². The monoisotopic (exact) mass is 338 g/mol. The molecule has 7 heteroatoms. The lowest BCUT2D eigenvalue weighted by atomic mass is 9.98. The molecular formula is C16H19FN2O3S.